The molecule has 0 aliphatic heterocycles. The van der Waals surface area contributed by atoms with Crippen LogP contribution in [0, 0.1) is 0 Å². The fourth-order valence-corrected chi connectivity index (χ4v) is 3.37. The number of ether oxygens (including phenoxy) is 1. The molecule has 1 fully saturated rings. The second-order valence-electron chi connectivity index (χ2n) is 5.58. The second-order valence-corrected chi connectivity index (χ2v) is 6.42. The minimum Gasteiger partial charge on any atom is -0.497 e. The molecule has 3 rings (SSSR count). The van der Waals surface area contributed by atoms with Crippen LogP contribution in [0.5, 0.6) is 5.75 Å². The molecule has 1 aromatic carbocycles. The van der Waals surface area contributed by atoms with Crippen molar-refractivity contribution in [3.8, 4) is 5.75 Å². The first kappa shape index (κ1) is 14.8. The predicted molar refractivity (Wildman–Crippen MR) is 85.8 cm³/mol. The lowest BCUT2D eigenvalue weighted by Gasteiger charge is -2.41. The first-order chi connectivity index (χ1) is 10.6. The summed E-state index contributed by atoms with van der Waals surface area (Å²) in [5.74, 6) is 1.20. The maximum atomic E-state index is 12.3. The van der Waals surface area contributed by atoms with Gasteiger partial charge in [0.2, 0.25) is 0 Å². The fourth-order valence-electron chi connectivity index (χ4n) is 2.81. The Morgan fingerprint density at radius 3 is 2.82 bits per heavy atom. The van der Waals surface area contributed by atoms with E-state index in [0.29, 0.717) is 11.6 Å². The zero-order valence-electron chi connectivity index (χ0n) is 12.5. The molecule has 0 bridgehead atoms. The molecule has 0 atom stereocenters. The second kappa shape index (κ2) is 5.96. The molecule has 5 nitrogen and oxygen atoms in total. The average Bonchev–Trinajstić information content (AvgIpc) is 2.91. The van der Waals surface area contributed by atoms with Gasteiger partial charge in [0.1, 0.15) is 11.4 Å². The number of H-pyrrole nitrogens is 1. The Kier molecular flexibility index (Phi) is 4.02. The number of nitrogens with zero attached hydrogens (tertiary/aromatic N) is 1. The highest BCUT2D eigenvalue weighted by atomic mass is 32.1. The van der Waals surface area contributed by atoms with Crippen LogP contribution in [0.3, 0.4) is 0 Å². The third-order valence-corrected chi connectivity index (χ3v) is 4.97. The zero-order chi connectivity index (χ0) is 15.7. The monoisotopic (exact) mass is 318 g/mol. The highest BCUT2D eigenvalue weighted by Crippen LogP contribution is 2.40. The van der Waals surface area contributed by atoms with E-state index in [1.54, 1.807) is 24.4 Å². The van der Waals surface area contributed by atoms with Gasteiger partial charge in [-0.3, -0.25) is 9.59 Å². The molecule has 1 saturated carbocycles. The van der Waals surface area contributed by atoms with Crippen LogP contribution < -0.4 is 9.61 Å². The third-order valence-electron chi connectivity index (χ3n) is 4.30. The number of thiazole rings is 1. The van der Waals surface area contributed by atoms with Gasteiger partial charge in [0.25, 0.3) is 5.91 Å². The van der Waals surface area contributed by atoms with Gasteiger partial charge in [-0.2, -0.15) is 0 Å². The molecule has 1 aromatic heterocycles. The van der Waals surface area contributed by atoms with Gasteiger partial charge in [-0.25, -0.2) is 0 Å². The summed E-state index contributed by atoms with van der Waals surface area (Å²) in [5.41, 5.74) is 1.63. The Bertz CT molecular complexity index is 731. The first-order valence-electron chi connectivity index (χ1n) is 7.17. The maximum absolute atomic E-state index is 12.3. The number of aromatic nitrogens is 1. The largest absolute Gasteiger partial charge is 0.497 e. The molecule has 0 saturated heterocycles. The average molecular weight is 318 g/mol. The van der Waals surface area contributed by atoms with Gasteiger partial charge in [-0.1, -0.05) is 23.5 Å². The van der Waals surface area contributed by atoms with Crippen LogP contribution in [0.1, 0.15) is 34.8 Å². The highest BCUT2D eigenvalue weighted by Gasteiger charge is 2.35. The van der Waals surface area contributed by atoms with Gasteiger partial charge in [-0.05, 0) is 36.5 Å². The molecule has 1 heterocycles. The molecule has 1 aliphatic rings. The molecule has 2 aromatic rings. The van der Waals surface area contributed by atoms with Gasteiger partial charge in [0.15, 0.2) is 0 Å². The van der Waals surface area contributed by atoms with Crippen molar-refractivity contribution in [3.63, 3.8) is 0 Å². The standard InChI is InChI=1S/C16H18N2O3S/c1-18(15(19)14-9-22-16(20)17-14)12-6-11(7-12)10-4-3-5-13(8-10)21-2/h3-5,8-9,11-12H,6-7H2,1-2H3,(H,17,20). The van der Waals surface area contributed by atoms with Crippen molar-refractivity contribution < 1.29 is 9.53 Å². The molecule has 116 valence electrons. The lowest BCUT2D eigenvalue weighted by Crippen LogP contribution is -2.44. The molecular weight excluding hydrogens is 300 g/mol. The number of aromatic amines is 1. The summed E-state index contributed by atoms with van der Waals surface area (Å²) in [5, 5.41) is 1.58. The fraction of sp³-hybridized carbons (Fsp3) is 0.375. The van der Waals surface area contributed by atoms with Gasteiger partial charge in [0.05, 0.1) is 7.11 Å². The summed E-state index contributed by atoms with van der Waals surface area (Å²) >= 11 is 1.02. The molecule has 1 aliphatic carbocycles. The maximum Gasteiger partial charge on any atom is 0.305 e. The van der Waals surface area contributed by atoms with Crippen molar-refractivity contribution in [2.24, 2.45) is 0 Å². The third kappa shape index (κ3) is 2.78. The molecule has 1 N–H and O–H groups in total. The lowest BCUT2D eigenvalue weighted by atomic mass is 9.75. The lowest BCUT2D eigenvalue weighted by molar-refractivity contribution is 0.0615. The number of rotatable bonds is 4. The highest BCUT2D eigenvalue weighted by molar-refractivity contribution is 7.07. The number of methoxy groups -OCH3 is 1. The summed E-state index contributed by atoms with van der Waals surface area (Å²) in [6.07, 6.45) is 1.87. The minimum atomic E-state index is -0.195. The van der Waals surface area contributed by atoms with Crippen LogP contribution in [0.25, 0.3) is 0 Å². The van der Waals surface area contributed by atoms with Gasteiger partial charge < -0.3 is 14.6 Å². The van der Waals surface area contributed by atoms with Gasteiger partial charge in [0, 0.05) is 18.5 Å². The van der Waals surface area contributed by atoms with E-state index >= 15 is 0 Å². The number of benzene rings is 1. The number of amides is 1. The normalized spacial score (nSPS) is 20.3. The minimum absolute atomic E-state index is 0.118. The SMILES string of the molecule is COc1cccc(C2CC(N(C)C(=O)c3csc(=O)[nH]3)C2)c1. The van der Waals surface area contributed by atoms with E-state index in [0.717, 1.165) is 29.9 Å². The Hall–Kier alpha value is -2.08. The summed E-state index contributed by atoms with van der Waals surface area (Å²) < 4.78 is 5.25. The predicted octanol–water partition coefficient (Wildman–Crippen LogP) is 2.46. The number of carbonyl (C=O) groups excluding carboxylic acids is 1. The summed E-state index contributed by atoms with van der Waals surface area (Å²) in [7, 11) is 3.46. The molecule has 22 heavy (non-hydrogen) atoms. The molecule has 0 radical (unpaired) electrons. The van der Waals surface area contributed by atoms with E-state index in [9.17, 15) is 9.59 Å². The molecule has 0 spiro atoms. The smallest absolute Gasteiger partial charge is 0.305 e. The quantitative estimate of drug-likeness (QED) is 0.942. The first-order valence-corrected chi connectivity index (χ1v) is 8.05. The summed E-state index contributed by atoms with van der Waals surface area (Å²) in [6.45, 7) is 0. The zero-order valence-corrected chi connectivity index (χ0v) is 13.4. The van der Waals surface area contributed by atoms with E-state index in [-0.39, 0.29) is 16.8 Å². The molecule has 0 unspecified atom stereocenters. The number of nitrogens with one attached hydrogen (secondary N) is 1. The molecular formula is C16H18N2O3S. The number of hydrogen-bond donors (Lipinski definition) is 1. The van der Waals surface area contributed by atoms with Crippen molar-refractivity contribution in [2.75, 3.05) is 14.2 Å². The Labute approximate surface area is 132 Å². The van der Waals surface area contributed by atoms with Gasteiger partial charge in [-0.15, -0.1) is 0 Å². The topological polar surface area (TPSA) is 62.4 Å². The van der Waals surface area contributed by atoms with E-state index in [1.807, 2.05) is 12.1 Å². The Morgan fingerprint density at radius 2 is 2.18 bits per heavy atom. The van der Waals surface area contributed by atoms with Crippen LogP contribution in [-0.2, 0) is 0 Å². The van der Waals surface area contributed by atoms with Crippen LogP contribution in [0.2, 0.25) is 0 Å². The van der Waals surface area contributed by atoms with Crippen molar-refractivity contribution in [1.82, 2.24) is 9.88 Å². The Morgan fingerprint density at radius 1 is 1.41 bits per heavy atom. The van der Waals surface area contributed by atoms with Crippen molar-refractivity contribution in [1.29, 1.82) is 0 Å². The van der Waals surface area contributed by atoms with Crippen LogP contribution in [0.4, 0.5) is 0 Å². The van der Waals surface area contributed by atoms with E-state index < -0.39 is 0 Å². The van der Waals surface area contributed by atoms with Crippen molar-refractivity contribution in [2.45, 2.75) is 24.8 Å². The van der Waals surface area contributed by atoms with Crippen LogP contribution in [-0.4, -0.2) is 36.0 Å². The van der Waals surface area contributed by atoms with E-state index in [4.69, 9.17) is 4.74 Å². The van der Waals surface area contributed by atoms with Crippen LogP contribution >= 0.6 is 11.3 Å². The molecule has 1 amide bonds. The van der Waals surface area contributed by atoms with Crippen molar-refractivity contribution in [3.05, 3.63) is 50.6 Å². The number of hydrogen-bond acceptors (Lipinski definition) is 4. The van der Waals surface area contributed by atoms with E-state index in [2.05, 4.69) is 17.1 Å². The van der Waals surface area contributed by atoms with Crippen LogP contribution in [0.15, 0.2) is 34.4 Å². The van der Waals surface area contributed by atoms with E-state index in [1.165, 1.54) is 5.56 Å². The van der Waals surface area contributed by atoms with Gasteiger partial charge >= 0.3 is 4.87 Å². The number of carbonyl (C=O) groups is 1. The van der Waals surface area contributed by atoms with Crippen molar-refractivity contribution >= 4 is 17.2 Å². The Balaban J connectivity index is 1.62. The molecule has 6 heteroatoms. The summed E-state index contributed by atoms with van der Waals surface area (Å²) in [6, 6.07) is 8.29. The summed E-state index contributed by atoms with van der Waals surface area (Å²) in [4.78, 5) is 27.5.